The van der Waals surface area contributed by atoms with E-state index in [-0.39, 0.29) is 17.6 Å². The van der Waals surface area contributed by atoms with Crippen LogP contribution in [-0.2, 0) is 6.42 Å². The zero-order valence-electron chi connectivity index (χ0n) is 9.58. The molecule has 0 saturated heterocycles. The van der Waals surface area contributed by atoms with E-state index in [1.54, 1.807) is 24.3 Å². The molecule has 86 valence electrons. The van der Waals surface area contributed by atoms with Gasteiger partial charge in [-0.3, -0.25) is 0 Å². The summed E-state index contributed by atoms with van der Waals surface area (Å²) < 4.78 is 25.7. The zero-order valence-corrected chi connectivity index (χ0v) is 9.58. The van der Waals surface area contributed by atoms with Gasteiger partial charge in [0.05, 0.1) is 0 Å². The smallest absolute Gasteiger partial charge is 0.123 e. The van der Waals surface area contributed by atoms with E-state index in [2.05, 4.69) is 0 Å². The highest BCUT2D eigenvalue weighted by atomic mass is 19.1. The Hall–Kier alpha value is -1.44. The monoisotopic (exact) mass is 222 g/mol. The molecule has 0 spiro atoms. The number of hydrogen-bond donors (Lipinski definition) is 0. The van der Waals surface area contributed by atoms with Gasteiger partial charge in [-0.05, 0) is 42.2 Å². The molecule has 0 unspecified atom stereocenters. The first-order chi connectivity index (χ1) is 7.58. The molecule has 1 aromatic rings. The molecule has 0 bridgehead atoms. The van der Waals surface area contributed by atoms with Gasteiger partial charge >= 0.3 is 0 Å². The molecule has 2 heteroatoms. The molecule has 0 aliphatic carbocycles. The van der Waals surface area contributed by atoms with Crippen molar-refractivity contribution in [3.63, 3.8) is 0 Å². The summed E-state index contributed by atoms with van der Waals surface area (Å²) in [6, 6.07) is 6.21. The summed E-state index contributed by atoms with van der Waals surface area (Å²) in [7, 11) is 0. The van der Waals surface area contributed by atoms with E-state index in [0.717, 1.165) is 5.56 Å². The molecular weight excluding hydrogens is 206 g/mol. The molecule has 0 radical (unpaired) electrons. The van der Waals surface area contributed by atoms with Crippen LogP contribution in [-0.4, -0.2) is 0 Å². The second-order valence-corrected chi connectivity index (χ2v) is 4.03. The lowest BCUT2D eigenvalue weighted by Crippen LogP contribution is -1.82. The fraction of sp³-hybridized carbons (Fsp3) is 0.286. The highest BCUT2D eigenvalue weighted by molar-refractivity contribution is 5.21. The summed E-state index contributed by atoms with van der Waals surface area (Å²) in [5, 5.41) is 0. The molecule has 1 rings (SSSR count). The van der Waals surface area contributed by atoms with E-state index < -0.39 is 0 Å². The minimum atomic E-state index is -0.251. The number of rotatable bonds is 4. The van der Waals surface area contributed by atoms with Gasteiger partial charge in [0.2, 0.25) is 0 Å². The SMILES string of the molecule is CC(C)/C=C(F)\C=C/Cc1ccc(F)cc1. The Morgan fingerprint density at radius 2 is 1.88 bits per heavy atom. The first-order valence-corrected chi connectivity index (χ1v) is 5.36. The highest BCUT2D eigenvalue weighted by Gasteiger charge is 1.93. The Morgan fingerprint density at radius 1 is 1.25 bits per heavy atom. The molecule has 0 aliphatic rings. The third-order valence-electron chi connectivity index (χ3n) is 2.04. The summed E-state index contributed by atoms with van der Waals surface area (Å²) in [4.78, 5) is 0. The van der Waals surface area contributed by atoms with Gasteiger partial charge in [0, 0.05) is 0 Å². The third-order valence-corrected chi connectivity index (χ3v) is 2.04. The van der Waals surface area contributed by atoms with Gasteiger partial charge in [-0.2, -0.15) is 0 Å². The molecule has 0 amide bonds. The fourth-order valence-electron chi connectivity index (χ4n) is 1.30. The lowest BCUT2D eigenvalue weighted by atomic mass is 10.1. The maximum Gasteiger partial charge on any atom is 0.123 e. The van der Waals surface area contributed by atoms with Crippen LogP contribution >= 0.6 is 0 Å². The van der Waals surface area contributed by atoms with Gasteiger partial charge in [0.1, 0.15) is 11.6 Å². The van der Waals surface area contributed by atoms with E-state index in [0.29, 0.717) is 6.42 Å². The van der Waals surface area contributed by atoms with Crippen molar-refractivity contribution in [2.75, 3.05) is 0 Å². The lowest BCUT2D eigenvalue weighted by Gasteiger charge is -1.96. The largest absolute Gasteiger partial charge is 0.207 e. The maximum atomic E-state index is 13.1. The Bertz CT molecular complexity index is 372. The second-order valence-electron chi connectivity index (χ2n) is 4.03. The second kappa shape index (κ2) is 6.21. The summed E-state index contributed by atoms with van der Waals surface area (Å²) >= 11 is 0. The molecule has 1 aromatic carbocycles. The van der Waals surface area contributed by atoms with Crippen LogP contribution in [0.3, 0.4) is 0 Å². The van der Waals surface area contributed by atoms with Crippen molar-refractivity contribution in [2.24, 2.45) is 5.92 Å². The first-order valence-electron chi connectivity index (χ1n) is 5.36. The molecule has 0 N–H and O–H groups in total. The molecule has 0 saturated carbocycles. The minimum Gasteiger partial charge on any atom is -0.207 e. The van der Waals surface area contributed by atoms with Crippen molar-refractivity contribution in [3.8, 4) is 0 Å². The maximum absolute atomic E-state index is 13.1. The quantitative estimate of drug-likeness (QED) is 0.661. The average molecular weight is 222 g/mol. The van der Waals surface area contributed by atoms with E-state index in [1.165, 1.54) is 18.2 Å². The van der Waals surface area contributed by atoms with Crippen molar-refractivity contribution in [1.29, 1.82) is 0 Å². The zero-order chi connectivity index (χ0) is 12.0. The number of halogens is 2. The van der Waals surface area contributed by atoms with Crippen LogP contribution in [0, 0.1) is 11.7 Å². The van der Waals surface area contributed by atoms with Gasteiger partial charge in [0.15, 0.2) is 0 Å². The number of hydrogen-bond acceptors (Lipinski definition) is 0. The molecule has 0 aliphatic heterocycles. The topological polar surface area (TPSA) is 0 Å². The Morgan fingerprint density at radius 3 is 2.44 bits per heavy atom. The molecular formula is C14H16F2. The standard InChI is InChI=1S/C14H16F2/c1-11(2)10-14(16)5-3-4-12-6-8-13(15)9-7-12/h3,5-11H,4H2,1-2H3/b5-3-,14-10+. The van der Waals surface area contributed by atoms with E-state index in [4.69, 9.17) is 0 Å². The Labute approximate surface area is 95.3 Å². The normalized spacial score (nSPS) is 12.7. The number of allylic oxidation sites excluding steroid dienone is 4. The molecule has 0 atom stereocenters. The average Bonchev–Trinajstić information content (AvgIpc) is 2.20. The van der Waals surface area contributed by atoms with E-state index in [9.17, 15) is 8.78 Å². The van der Waals surface area contributed by atoms with Gasteiger partial charge < -0.3 is 0 Å². The van der Waals surface area contributed by atoms with Crippen LogP contribution in [0.4, 0.5) is 8.78 Å². The van der Waals surface area contributed by atoms with Crippen LogP contribution in [0.25, 0.3) is 0 Å². The van der Waals surface area contributed by atoms with Crippen LogP contribution in [0.1, 0.15) is 19.4 Å². The Balaban J connectivity index is 2.51. The molecule has 0 heterocycles. The fourth-order valence-corrected chi connectivity index (χ4v) is 1.30. The predicted octanol–water partition coefficient (Wildman–Crippen LogP) is 4.43. The van der Waals surface area contributed by atoms with Gasteiger partial charge in [-0.15, -0.1) is 0 Å². The summed E-state index contributed by atoms with van der Waals surface area (Å²) in [6.07, 6.45) is 5.35. The van der Waals surface area contributed by atoms with Crippen LogP contribution in [0.5, 0.6) is 0 Å². The summed E-state index contributed by atoms with van der Waals surface area (Å²) in [6.45, 7) is 3.85. The van der Waals surface area contributed by atoms with E-state index >= 15 is 0 Å². The van der Waals surface area contributed by atoms with Crippen LogP contribution in [0.15, 0.2) is 48.3 Å². The molecule has 0 fully saturated rings. The van der Waals surface area contributed by atoms with Crippen molar-refractivity contribution in [1.82, 2.24) is 0 Å². The molecule has 16 heavy (non-hydrogen) atoms. The van der Waals surface area contributed by atoms with Crippen molar-refractivity contribution in [3.05, 3.63) is 59.7 Å². The van der Waals surface area contributed by atoms with Crippen molar-refractivity contribution < 1.29 is 8.78 Å². The highest BCUT2D eigenvalue weighted by Crippen LogP contribution is 2.08. The first kappa shape index (κ1) is 12.6. The van der Waals surface area contributed by atoms with Crippen LogP contribution < -0.4 is 0 Å². The van der Waals surface area contributed by atoms with Crippen molar-refractivity contribution >= 4 is 0 Å². The van der Waals surface area contributed by atoms with E-state index in [1.807, 2.05) is 13.8 Å². The van der Waals surface area contributed by atoms with Gasteiger partial charge in [-0.25, -0.2) is 8.78 Å². The minimum absolute atomic E-state index is 0.204. The predicted molar refractivity (Wildman–Crippen MR) is 63.3 cm³/mol. The summed E-state index contributed by atoms with van der Waals surface area (Å²) in [5.41, 5.74) is 0.968. The van der Waals surface area contributed by atoms with Crippen LogP contribution in [0.2, 0.25) is 0 Å². The molecule has 0 nitrogen and oxygen atoms in total. The molecule has 0 aromatic heterocycles. The third kappa shape index (κ3) is 4.87. The summed E-state index contributed by atoms with van der Waals surface area (Å²) in [5.74, 6) is -0.272. The lowest BCUT2D eigenvalue weighted by molar-refractivity contribution is 0.627. The van der Waals surface area contributed by atoms with Crippen molar-refractivity contribution in [2.45, 2.75) is 20.3 Å². The number of benzene rings is 1. The van der Waals surface area contributed by atoms with Gasteiger partial charge in [-0.1, -0.05) is 32.1 Å². The van der Waals surface area contributed by atoms with Gasteiger partial charge in [0.25, 0.3) is 0 Å². The Kier molecular flexibility index (Phi) is 4.90.